The van der Waals surface area contributed by atoms with E-state index in [2.05, 4.69) is 33.5 Å². The van der Waals surface area contributed by atoms with Gasteiger partial charge in [0, 0.05) is 78.8 Å². The summed E-state index contributed by atoms with van der Waals surface area (Å²) in [7, 11) is 3.84. The maximum absolute atomic E-state index is 12.8. The summed E-state index contributed by atoms with van der Waals surface area (Å²) in [5.41, 5.74) is 10.3. The number of nitrogens with one attached hydrogen (secondary N) is 2. The van der Waals surface area contributed by atoms with Gasteiger partial charge in [0.25, 0.3) is 0 Å². The number of thioether (sulfide) groups is 1. The molecule has 0 spiro atoms. The Morgan fingerprint density at radius 2 is 1.94 bits per heavy atom. The van der Waals surface area contributed by atoms with Crippen molar-refractivity contribution in [3.05, 3.63) is 75.0 Å². The molecule has 3 N–H and O–H groups in total. The van der Waals surface area contributed by atoms with Crippen molar-refractivity contribution >= 4 is 45.9 Å². The van der Waals surface area contributed by atoms with Crippen LogP contribution < -0.4 is 15.4 Å². The summed E-state index contributed by atoms with van der Waals surface area (Å²) < 4.78 is 12.3. The minimum atomic E-state index is -0.948. The molecule has 0 unspecified atom stereocenters. The molecule has 12 heteroatoms. The quantitative estimate of drug-likeness (QED) is 0.189. The molecule has 5 aromatic rings. The zero-order chi connectivity index (χ0) is 32.2. The van der Waals surface area contributed by atoms with Gasteiger partial charge in [0.1, 0.15) is 11.4 Å². The standard InChI is InChI=1S/C35H38ClN7O3S/c1-41-33-25-9-10-26(36)30(33)31-27(40-43-12-4-8-28(31)43)18-37-17-21-15-22(42(2)39-21)19-47-23-14-20-6-3-11-38-32(20)29(16-23)46-13-5-7-24(25)34(41)35(44)45/h9-10,14-16,37-38H,3-8,11-13,17-19H2,1-2H3,(H,44,45). The second-order valence-corrected chi connectivity index (χ2v) is 14.1. The predicted octanol–water partition coefficient (Wildman–Crippen LogP) is 6.34. The number of aromatic carboxylic acids is 1. The maximum Gasteiger partial charge on any atom is 0.352 e. The summed E-state index contributed by atoms with van der Waals surface area (Å²) >= 11 is 8.84. The molecule has 244 valence electrons. The third-order valence-corrected chi connectivity index (χ3v) is 11.0. The molecular weight excluding hydrogens is 634 g/mol. The highest BCUT2D eigenvalue weighted by Gasteiger charge is 2.30. The number of halogens is 1. The van der Waals surface area contributed by atoms with Gasteiger partial charge >= 0.3 is 5.97 Å². The van der Waals surface area contributed by atoms with Gasteiger partial charge in [0.05, 0.1) is 34.2 Å². The van der Waals surface area contributed by atoms with Crippen molar-refractivity contribution in [2.24, 2.45) is 14.1 Å². The number of benzene rings is 2. The van der Waals surface area contributed by atoms with Crippen LogP contribution in [0.25, 0.3) is 22.0 Å². The highest BCUT2D eigenvalue weighted by atomic mass is 35.5. The van der Waals surface area contributed by atoms with E-state index in [-0.39, 0.29) is 5.69 Å². The SMILES string of the molecule is Cn1nc2cc1CSc1cc3c(c(c1)OCCCc1c(C(=O)O)n(C)c4c(c(Cl)ccc14)-c1c(nn4c1CCC4)CNC2)NCCC3. The molecule has 8 rings (SSSR count). The minimum Gasteiger partial charge on any atom is -0.491 e. The average molecular weight is 672 g/mol. The minimum absolute atomic E-state index is 0.289. The van der Waals surface area contributed by atoms with Crippen LogP contribution in [0.1, 0.15) is 63.7 Å². The van der Waals surface area contributed by atoms with E-state index in [1.165, 1.54) is 10.5 Å². The normalized spacial score (nSPS) is 16.6. The second kappa shape index (κ2) is 12.3. The predicted molar refractivity (Wildman–Crippen MR) is 185 cm³/mol. The third-order valence-electron chi connectivity index (χ3n) is 9.70. The van der Waals surface area contributed by atoms with Crippen LogP contribution in [-0.4, -0.2) is 48.4 Å². The number of carboxylic acids is 1. The van der Waals surface area contributed by atoms with Crippen molar-refractivity contribution in [2.45, 2.75) is 68.8 Å². The molecule has 8 bridgehead atoms. The molecule has 0 fully saturated rings. The summed E-state index contributed by atoms with van der Waals surface area (Å²) in [5.74, 6) is 0.707. The number of hydrogen-bond acceptors (Lipinski definition) is 7. The Balaban J connectivity index is 1.25. The first-order chi connectivity index (χ1) is 22.9. The number of aromatic nitrogens is 5. The van der Waals surface area contributed by atoms with E-state index in [0.717, 1.165) is 106 Å². The van der Waals surface area contributed by atoms with Crippen molar-refractivity contribution in [3.63, 3.8) is 0 Å². The Morgan fingerprint density at radius 1 is 1.04 bits per heavy atom. The van der Waals surface area contributed by atoms with Crippen LogP contribution in [0.2, 0.25) is 5.02 Å². The van der Waals surface area contributed by atoms with Crippen LogP contribution >= 0.6 is 23.4 Å². The number of fused-ring (bicyclic) bond motifs is 10. The highest BCUT2D eigenvalue weighted by molar-refractivity contribution is 7.98. The van der Waals surface area contributed by atoms with E-state index >= 15 is 0 Å². The van der Waals surface area contributed by atoms with Crippen LogP contribution in [0.15, 0.2) is 35.2 Å². The molecule has 0 amide bonds. The number of aryl methyl sites for hydroxylation is 5. The molecule has 0 atom stereocenters. The molecule has 0 saturated heterocycles. The van der Waals surface area contributed by atoms with Crippen LogP contribution in [0.4, 0.5) is 5.69 Å². The monoisotopic (exact) mass is 671 g/mol. The van der Waals surface area contributed by atoms with Gasteiger partial charge in [-0.25, -0.2) is 4.79 Å². The van der Waals surface area contributed by atoms with E-state index in [9.17, 15) is 9.90 Å². The van der Waals surface area contributed by atoms with Gasteiger partial charge in [0.15, 0.2) is 0 Å². The van der Waals surface area contributed by atoms with E-state index in [1.54, 1.807) is 11.8 Å². The Labute approximate surface area is 282 Å². The maximum atomic E-state index is 12.8. The lowest BCUT2D eigenvalue weighted by Crippen LogP contribution is -2.15. The first kappa shape index (κ1) is 30.4. The molecule has 10 nitrogen and oxygen atoms in total. The van der Waals surface area contributed by atoms with Crippen molar-refractivity contribution in [3.8, 4) is 16.9 Å². The first-order valence-electron chi connectivity index (χ1n) is 16.4. The summed E-state index contributed by atoms with van der Waals surface area (Å²) in [5, 5.41) is 29.0. The zero-order valence-corrected chi connectivity index (χ0v) is 28.2. The van der Waals surface area contributed by atoms with Gasteiger partial charge in [-0.2, -0.15) is 10.2 Å². The van der Waals surface area contributed by atoms with Gasteiger partial charge in [-0.1, -0.05) is 17.7 Å². The Hall–Kier alpha value is -3.93. The molecule has 3 aliphatic heterocycles. The van der Waals surface area contributed by atoms with E-state index in [1.807, 2.05) is 35.5 Å². The van der Waals surface area contributed by atoms with Gasteiger partial charge < -0.3 is 25.0 Å². The van der Waals surface area contributed by atoms with Crippen LogP contribution in [-0.2, 0) is 58.7 Å². The zero-order valence-electron chi connectivity index (χ0n) is 26.7. The number of hydrogen-bond donors (Lipinski definition) is 3. The number of carbonyl (C=O) groups is 1. The van der Waals surface area contributed by atoms with Gasteiger partial charge in [0.2, 0.25) is 0 Å². The molecule has 0 radical (unpaired) electrons. The molecule has 47 heavy (non-hydrogen) atoms. The topological polar surface area (TPSA) is 111 Å². The Bertz CT molecular complexity index is 2040. The fraction of sp³-hybridized carbons (Fsp3) is 0.400. The largest absolute Gasteiger partial charge is 0.491 e. The van der Waals surface area contributed by atoms with Gasteiger partial charge in [-0.3, -0.25) is 9.36 Å². The molecule has 3 aromatic heterocycles. The molecule has 0 saturated carbocycles. The van der Waals surface area contributed by atoms with Crippen LogP contribution in [0.3, 0.4) is 0 Å². The van der Waals surface area contributed by atoms with Crippen molar-refractivity contribution in [1.29, 1.82) is 0 Å². The summed E-state index contributed by atoms with van der Waals surface area (Å²) in [4.78, 5) is 14.0. The summed E-state index contributed by atoms with van der Waals surface area (Å²) in [6.07, 6.45) is 5.25. The lowest BCUT2D eigenvalue weighted by atomic mass is 9.97. The second-order valence-electron chi connectivity index (χ2n) is 12.7. The molecule has 3 aliphatic rings. The summed E-state index contributed by atoms with van der Waals surface area (Å²) in [6.45, 7) is 3.38. The fourth-order valence-electron chi connectivity index (χ4n) is 7.59. The first-order valence-corrected chi connectivity index (χ1v) is 17.7. The Kier molecular flexibility index (Phi) is 7.93. The number of rotatable bonds is 1. The fourth-order valence-corrected chi connectivity index (χ4v) is 8.83. The number of ether oxygens (including phenoxy) is 1. The molecule has 2 aromatic carbocycles. The van der Waals surface area contributed by atoms with Crippen LogP contribution in [0.5, 0.6) is 5.75 Å². The smallest absolute Gasteiger partial charge is 0.352 e. The van der Waals surface area contributed by atoms with Crippen molar-refractivity contribution < 1.29 is 14.6 Å². The van der Waals surface area contributed by atoms with E-state index in [4.69, 9.17) is 26.5 Å². The average Bonchev–Trinajstić information content (AvgIpc) is 3.80. The lowest BCUT2D eigenvalue weighted by molar-refractivity contribution is 0.0685. The van der Waals surface area contributed by atoms with Gasteiger partial charge in [-0.15, -0.1) is 11.8 Å². The van der Waals surface area contributed by atoms with E-state index in [0.29, 0.717) is 37.6 Å². The van der Waals surface area contributed by atoms with Crippen LogP contribution in [0, 0.1) is 0 Å². The number of carboxylic acid groups (broad SMARTS) is 1. The van der Waals surface area contributed by atoms with Gasteiger partial charge in [-0.05, 0) is 73.9 Å². The summed E-state index contributed by atoms with van der Waals surface area (Å²) in [6, 6.07) is 10.5. The number of nitrogens with zero attached hydrogens (tertiary/aromatic N) is 5. The molecular formula is C35H38ClN7O3S. The van der Waals surface area contributed by atoms with Crippen molar-refractivity contribution in [2.75, 3.05) is 18.5 Å². The highest BCUT2D eigenvalue weighted by Crippen LogP contribution is 2.44. The third kappa shape index (κ3) is 5.38. The lowest BCUT2D eigenvalue weighted by Gasteiger charge is -2.22. The molecule has 6 heterocycles. The van der Waals surface area contributed by atoms with E-state index < -0.39 is 5.97 Å². The Morgan fingerprint density at radius 3 is 2.81 bits per heavy atom. The number of anilines is 1. The van der Waals surface area contributed by atoms with Crippen molar-refractivity contribution in [1.82, 2.24) is 29.4 Å². The molecule has 0 aliphatic carbocycles.